The number of fused-ring (bicyclic) bond motifs is 1. The van der Waals surface area contributed by atoms with Crippen LogP contribution in [0.5, 0.6) is 17.2 Å². The average molecular weight is 296 g/mol. The van der Waals surface area contributed by atoms with Gasteiger partial charge in [0.25, 0.3) is 5.89 Å². The molecule has 0 N–H and O–H groups in total. The molecule has 0 atom stereocenters. The molecule has 4 rings (SSSR count). The van der Waals surface area contributed by atoms with Crippen molar-refractivity contribution in [2.45, 2.75) is 6.61 Å². The Morgan fingerprint density at radius 1 is 1.00 bits per heavy atom. The fourth-order valence-electron chi connectivity index (χ4n) is 2.13. The maximum Gasteiger partial charge on any atom is 0.264 e. The van der Waals surface area contributed by atoms with Gasteiger partial charge in [0.15, 0.2) is 18.1 Å². The van der Waals surface area contributed by atoms with Gasteiger partial charge in [0, 0.05) is 5.56 Å². The first-order valence-corrected chi connectivity index (χ1v) is 6.79. The highest BCUT2D eigenvalue weighted by Gasteiger charge is 2.16. The number of nitrogens with zero attached hydrogens (tertiary/aromatic N) is 2. The molecule has 6 nitrogen and oxygen atoms in total. The minimum atomic E-state index is 0.224. The number of benzene rings is 2. The van der Waals surface area contributed by atoms with E-state index < -0.39 is 0 Å². The molecule has 0 bridgehead atoms. The van der Waals surface area contributed by atoms with Crippen molar-refractivity contribution in [3.63, 3.8) is 0 Å². The van der Waals surface area contributed by atoms with Gasteiger partial charge >= 0.3 is 0 Å². The standard InChI is InChI=1S/C16H12N2O4/c1-2-4-12(5-3-1)19-9-15-17-16(18-22-15)11-6-7-13-14(8-11)21-10-20-13/h1-8H,9-10H2. The Bertz CT molecular complexity index is 786. The molecule has 1 aliphatic rings. The van der Waals surface area contributed by atoms with Gasteiger partial charge in [-0.3, -0.25) is 0 Å². The maximum atomic E-state index is 5.57. The predicted octanol–water partition coefficient (Wildman–Crippen LogP) is 3.04. The van der Waals surface area contributed by atoms with Gasteiger partial charge in [-0.15, -0.1) is 0 Å². The molecule has 2 heterocycles. The van der Waals surface area contributed by atoms with Crippen LogP contribution in [-0.4, -0.2) is 16.9 Å². The van der Waals surface area contributed by atoms with E-state index in [9.17, 15) is 0 Å². The van der Waals surface area contributed by atoms with Gasteiger partial charge in [0.2, 0.25) is 12.6 Å². The first kappa shape index (κ1) is 12.7. The SMILES string of the molecule is c1ccc(OCc2nc(-c3ccc4c(c3)OCO4)no2)cc1. The number of aromatic nitrogens is 2. The van der Waals surface area contributed by atoms with Crippen LogP contribution in [0, 0.1) is 0 Å². The van der Waals surface area contributed by atoms with Gasteiger partial charge < -0.3 is 18.7 Å². The van der Waals surface area contributed by atoms with Crippen LogP contribution in [0.25, 0.3) is 11.4 Å². The molecule has 0 fully saturated rings. The molecule has 0 amide bonds. The molecular weight excluding hydrogens is 284 g/mol. The summed E-state index contributed by atoms with van der Waals surface area (Å²) < 4.78 is 21.4. The van der Waals surface area contributed by atoms with Gasteiger partial charge in [-0.05, 0) is 30.3 Å². The molecule has 0 aliphatic carbocycles. The van der Waals surface area contributed by atoms with Crippen LogP contribution in [-0.2, 0) is 6.61 Å². The maximum absolute atomic E-state index is 5.57. The highest BCUT2D eigenvalue weighted by Crippen LogP contribution is 2.35. The Morgan fingerprint density at radius 3 is 2.77 bits per heavy atom. The second-order valence-corrected chi connectivity index (χ2v) is 4.68. The van der Waals surface area contributed by atoms with Crippen LogP contribution in [0.15, 0.2) is 53.1 Å². The van der Waals surface area contributed by atoms with Crippen LogP contribution in [0.3, 0.4) is 0 Å². The molecule has 0 radical (unpaired) electrons. The summed E-state index contributed by atoms with van der Waals surface area (Å²) in [5.74, 6) is 3.07. The summed E-state index contributed by atoms with van der Waals surface area (Å²) in [6.07, 6.45) is 0. The predicted molar refractivity (Wildman–Crippen MR) is 76.6 cm³/mol. The average Bonchev–Trinajstić information content (AvgIpc) is 3.22. The Morgan fingerprint density at radius 2 is 1.86 bits per heavy atom. The van der Waals surface area contributed by atoms with E-state index >= 15 is 0 Å². The zero-order valence-corrected chi connectivity index (χ0v) is 11.6. The van der Waals surface area contributed by atoms with Gasteiger partial charge in [-0.25, -0.2) is 0 Å². The second kappa shape index (κ2) is 5.40. The van der Waals surface area contributed by atoms with Gasteiger partial charge in [-0.2, -0.15) is 4.98 Å². The zero-order chi connectivity index (χ0) is 14.8. The highest BCUT2D eigenvalue weighted by atomic mass is 16.7. The van der Waals surface area contributed by atoms with E-state index in [-0.39, 0.29) is 13.4 Å². The summed E-state index contributed by atoms with van der Waals surface area (Å²) >= 11 is 0. The van der Waals surface area contributed by atoms with Crippen LogP contribution in [0.2, 0.25) is 0 Å². The third kappa shape index (κ3) is 2.46. The lowest BCUT2D eigenvalue weighted by atomic mass is 10.2. The molecule has 0 spiro atoms. The van der Waals surface area contributed by atoms with Crippen LogP contribution in [0.4, 0.5) is 0 Å². The molecule has 6 heteroatoms. The zero-order valence-electron chi connectivity index (χ0n) is 11.6. The molecule has 1 aliphatic heterocycles. The number of para-hydroxylation sites is 1. The number of ether oxygens (including phenoxy) is 3. The normalized spacial score (nSPS) is 12.4. The summed E-state index contributed by atoms with van der Waals surface area (Å²) in [6, 6.07) is 15.0. The molecule has 2 aromatic carbocycles. The molecule has 0 saturated carbocycles. The van der Waals surface area contributed by atoms with E-state index in [2.05, 4.69) is 10.1 Å². The van der Waals surface area contributed by atoms with Crippen LogP contribution in [0.1, 0.15) is 5.89 Å². The molecule has 22 heavy (non-hydrogen) atoms. The summed E-state index contributed by atoms with van der Waals surface area (Å²) in [4.78, 5) is 4.32. The van der Waals surface area contributed by atoms with E-state index in [0.717, 1.165) is 17.1 Å². The summed E-state index contributed by atoms with van der Waals surface area (Å²) in [5.41, 5.74) is 0.805. The van der Waals surface area contributed by atoms with E-state index in [1.165, 1.54) is 0 Å². The third-order valence-corrected chi connectivity index (χ3v) is 3.20. The monoisotopic (exact) mass is 296 g/mol. The van der Waals surface area contributed by atoms with E-state index in [1.807, 2.05) is 48.5 Å². The fourth-order valence-corrected chi connectivity index (χ4v) is 2.13. The molecular formula is C16H12N2O4. The minimum Gasteiger partial charge on any atom is -0.484 e. The lowest BCUT2D eigenvalue weighted by Crippen LogP contribution is -1.95. The topological polar surface area (TPSA) is 66.6 Å². The van der Waals surface area contributed by atoms with Crippen molar-refractivity contribution in [2.75, 3.05) is 6.79 Å². The van der Waals surface area contributed by atoms with Crippen molar-refractivity contribution >= 4 is 0 Å². The van der Waals surface area contributed by atoms with Crippen molar-refractivity contribution in [3.8, 4) is 28.6 Å². The lowest BCUT2D eigenvalue weighted by molar-refractivity contribution is 0.174. The largest absolute Gasteiger partial charge is 0.484 e. The highest BCUT2D eigenvalue weighted by molar-refractivity contribution is 5.61. The van der Waals surface area contributed by atoms with E-state index in [0.29, 0.717) is 17.5 Å². The Hall–Kier alpha value is -3.02. The molecule has 3 aromatic rings. The van der Waals surface area contributed by atoms with Crippen molar-refractivity contribution < 1.29 is 18.7 Å². The summed E-state index contributed by atoms with van der Waals surface area (Å²) in [5, 5.41) is 3.96. The Labute approximate surface area is 126 Å². The summed E-state index contributed by atoms with van der Waals surface area (Å²) in [6.45, 7) is 0.461. The van der Waals surface area contributed by atoms with Gasteiger partial charge in [0.1, 0.15) is 5.75 Å². The Kier molecular flexibility index (Phi) is 3.12. The van der Waals surface area contributed by atoms with Crippen molar-refractivity contribution in [3.05, 3.63) is 54.4 Å². The van der Waals surface area contributed by atoms with Gasteiger partial charge in [-0.1, -0.05) is 23.4 Å². The van der Waals surface area contributed by atoms with Crippen molar-refractivity contribution in [1.29, 1.82) is 0 Å². The third-order valence-electron chi connectivity index (χ3n) is 3.20. The molecule has 0 saturated heterocycles. The van der Waals surface area contributed by atoms with Crippen LogP contribution >= 0.6 is 0 Å². The molecule has 1 aromatic heterocycles. The summed E-state index contributed by atoms with van der Waals surface area (Å²) in [7, 11) is 0. The van der Waals surface area contributed by atoms with Crippen molar-refractivity contribution in [1.82, 2.24) is 10.1 Å². The fraction of sp³-hybridized carbons (Fsp3) is 0.125. The lowest BCUT2D eigenvalue weighted by Gasteiger charge is -2.01. The van der Waals surface area contributed by atoms with E-state index in [1.54, 1.807) is 0 Å². The molecule has 0 unspecified atom stereocenters. The second-order valence-electron chi connectivity index (χ2n) is 4.68. The van der Waals surface area contributed by atoms with Crippen molar-refractivity contribution in [2.24, 2.45) is 0 Å². The number of hydrogen-bond donors (Lipinski definition) is 0. The van der Waals surface area contributed by atoms with E-state index in [4.69, 9.17) is 18.7 Å². The minimum absolute atomic E-state index is 0.224. The van der Waals surface area contributed by atoms with Gasteiger partial charge in [0.05, 0.1) is 0 Å². The Balaban J connectivity index is 1.49. The van der Waals surface area contributed by atoms with Crippen LogP contribution < -0.4 is 14.2 Å². The quantitative estimate of drug-likeness (QED) is 0.737. The molecule has 110 valence electrons. The smallest absolute Gasteiger partial charge is 0.264 e. The number of hydrogen-bond acceptors (Lipinski definition) is 6. The number of rotatable bonds is 4. The first-order valence-electron chi connectivity index (χ1n) is 6.79. The first-order chi connectivity index (χ1) is 10.9.